The van der Waals surface area contributed by atoms with Crippen molar-refractivity contribution in [2.75, 3.05) is 12.0 Å². The van der Waals surface area contributed by atoms with Crippen molar-refractivity contribution in [3.05, 3.63) is 17.8 Å². The molecule has 10 heavy (non-hydrogen) atoms. The van der Waals surface area contributed by atoms with Crippen LogP contribution >= 0.6 is 7.17 Å². The lowest BCUT2D eigenvalue weighted by Gasteiger charge is -2.03. The average molecular weight is 152 g/mol. The molecule has 0 radical (unpaired) electrons. The third-order valence-corrected chi connectivity index (χ3v) is 2.76. The summed E-state index contributed by atoms with van der Waals surface area (Å²) in [5, 5.41) is 3.21. The van der Waals surface area contributed by atoms with Crippen molar-refractivity contribution in [3.63, 3.8) is 0 Å². The van der Waals surface area contributed by atoms with E-state index in [9.17, 15) is 0 Å². The van der Waals surface area contributed by atoms with Gasteiger partial charge in [0.1, 0.15) is 5.82 Å². The summed E-state index contributed by atoms with van der Waals surface area (Å²) in [4.78, 5) is 3.11. The van der Waals surface area contributed by atoms with Gasteiger partial charge in [0.2, 0.25) is 0 Å². The fourth-order valence-corrected chi connectivity index (χ4v) is 2.10. The molecule has 0 saturated carbocycles. The number of rotatable bonds is 0. The molecule has 1 aliphatic heterocycles. The monoisotopic (exact) mass is 152 g/mol. The maximum absolute atomic E-state index is 3.21. The highest BCUT2D eigenvalue weighted by Crippen LogP contribution is 2.17. The Morgan fingerprint density at radius 3 is 3.30 bits per heavy atom. The van der Waals surface area contributed by atoms with Crippen LogP contribution in [0.25, 0.3) is 0 Å². The van der Waals surface area contributed by atoms with Gasteiger partial charge in [-0.1, -0.05) is 0 Å². The van der Waals surface area contributed by atoms with Crippen molar-refractivity contribution < 1.29 is 0 Å². The van der Waals surface area contributed by atoms with Crippen LogP contribution in [0.5, 0.6) is 0 Å². The van der Waals surface area contributed by atoms with Gasteiger partial charge in [0.25, 0.3) is 0 Å². The van der Waals surface area contributed by atoms with Crippen LogP contribution in [-0.4, -0.2) is 23.4 Å². The summed E-state index contributed by atoms with van der Waals surface area (Å²) in [6.45, 7) is 2.22. The van der Waals surface area contributed by atoms with Crippen molar-refractivity contribution in [3.8, 4) is 0 Å². The van der Waals surface area contributed by atoms with E-state index in [1.807, 2.05) is 6.20 Å². The van der Waals surface area contributed by atoms with E-state index < -0.39 is 0 Å². The van der Waals surface area contributed by atoms with Crippen LogP contribution in [0.3, 0.4) is 0 Å². The first-order valence-electron chi connectivity index (χ1n) is 3.20. The Labute approximate surface area is 60.3 Å². The van der Waals surface area contributed by atoms with Crippen LogP contribution in [0, 0.1) is 0 Å². The fourth-order valence-electron chi connectivity index (χ4n) is 1.04. The molecule has 52 valence electrons. The molecular formula is C7H9N2P. The van der Waals surface area contributed by atoms with E-state index in [1.165, 1.54) is 5.56 Å². The molecule has 0 fully saturated rings. The molecule has 0 spiro atoms. The molecule has 0 aromatic carbocycles. The highest BCUT2D eigenvalue weighted by Gasteiger charge is 2.00. The summed E-state index contributed by atoms with van der Waals surface area (Å²) in [5.74, 6) is 5.55. The topological polar surface area (TPSA) is 27.8 Å². The molecule has 3 heteroatoms. The quantitative estimate of drug-likeness (QED) is 0.541. The second-order valence-electron chi connectivity index (χ2n) is 2.38. The first-order chi connectivity index (χ1) is 4.86. The molecule has 2 rings (SSSR count). The van der Waals surface area contributed by atoms with Crippen LogP contribution in [-0.2, 0) is 0 Å². The standard InChI is InChI=1S/C7H9N2P/c1-10-4-6-2-3-8-7(6)9-5-10/h2-5,8-9H,1H3. The summed E-state index contributed by atoms with van der Waals surface area (Å²) in [7, 11) is -0.0336. The molecule has 2 heterocycles. The lowest BCUT2D eigenvalue weighted by atomic mass is 10.3. The van der Waals surface area contributed by atoms with Crippen molar-refractivity contribution >= 4 is 24.7 Å². The zero-order chi connectivity index (χ0) is 6.97. The Kier molecular flexibility index (Phi) is 1.21. The number of hydrogen-bond donors (Lipinski definition) is 2. The maximum Gasteiger partial charge on any atom is 0.115 e. The molecule has 1 unspecified atom stereocenters. The Balaban J connectivity index is 2.61. The molecule has 0 amide bonds. The molecular weight excluding hydrogens is 143 g/mol. The third-order valence-electron chi connectivity index (χ3n) is 1.53. The van der Waals surface area contributed by atoms with Gasteiger partial charge in [-0.25, -0.2) is 0 Å². The van der Waals surface area contributed by atoms with Gasteiger partial charge >= 0.3 is 0 Å². The Morgan fingerprint density at radius 1 is 1.50 bits per heavy atom. The number of anilines is 1. The molecule has 2 N–H and O–H groups in total. The highest BCUT2D eigenvalue weighted by atomic mass is 31.1. The van der Waals surface area contributed by atoms with Crippen LogP contribution in [0.2, 0.25) is 0 Å². The first-order valence-corrected chi connectivity index (χ1v) is 5.13. The summed E-state index contributed by atoms with van der Waals surface area (Å²) in [5.41, 5.74) is 1.30. The molecule has 0 aliphatic carbocycles. The van der Waals surface area contributed by atoms with E-state index in [2.05, 4.69) is 34.7 Å². The zero-order valence-electron chi connectivity index (χ0n) is 5.76. The lowest BCUT2D eigenvalue weighted by Crippen LogP contribution is -1.99. The summed E-state index contributed by atoms with van der Waals surface area (Å²) < 4.78 is 0. The van der Waals surface area contributed by atoms with Crippen LogP contribution in [0.15, 0.2) is 12.3 Å². The van der Waals surface area contributed by atoms with E-state index >= 15 is 0 Å². The van der Waals surface area contributed by atoms with Crippen molar-refractivity contribution in [1.29, 1.82) is 0 Å². The summed E-state index contributed by atoms with van der Waals surface area (Å²) in [6, 6.07) is 2.09. The smallest absolute Gasteiger partial charge is 0.115 e. The number of hydrogen-bond acceptors (Lipinski definition) is 1. The first kappa shape index (κ1) is 5.87. The van der Waals surface area contributed by atoms with E-state index in [4.69, 9.17) is 0 Å². The van der Waals surface area contributed by atoms with Crippen molar-refractivity contribution in [1.82, 2.24) is 4.98 Å². The van der Waals surface area contributed by atoms with Gasteiger partial charge < -0.3 is 10.3 Å². The predicted molar refractivity (Wildman–Crippen MR) is 48.5 cm³/mol. The van der Waals surface area contributed by atoms with E-state index in [-0.39, 0.29) is 7.17 Å². The third kappa shape index (κ3) is 0.812. The number of aromatic nitrogens is 1. The zero-order valence-corrected chi connectivity index (χ0v) is 6.65. The van der Waals surface area contributed by atoms with Gasteiger partial charge in [-0.05, 0) is 18.5 Å². The Bertz CT molecular complexity index is 329. The number of nitrogens with one attached hydrogen (secondary N) is 2. The van der Waals surface area contributed by atoms with Crippen LogP contribution in [0.4, 0.5) is 5.82 Å². The van der Waals surface area contributed by atoms with E-state index in [0.29, 0.717) is 0 Å². The van der Waals surface area contributed by atoms with Gasteiger partial charge in [-0.3, -0.25) is 0 Å². The van der Waals surface area contributed by atoms with Crippen LogP contribution < -0.4 is 5.32 Å². The Hall–Kier alpha value is -0.880. The summed E-state index contributed by atoms with van der Waals surface area (Å²) in [6.07, 6.45) is 1.95. The highest BCUT2D eigenvalue weighted by molar-refractivity contribution is 7.57. The van der Waals surface area contributed by atoms with E-state index in [0.717, 1.165) is 5.82 Å². The SMILES string of the molecule is CP1=CNc2[nH]ccc2C=1. The van der Waals surface area contributed by atoms with Crippen molar-refractivity contribution in [2.45, 2.75) is 0 Å². The summed E-state index contributed by atoms with van der Waals surface area (Å²) >= 11 is 0. The van der Waals surface area contributed by atoms with Crippen LogP contribution in [0.1, 0.15) is 5.56 Å². The maximum atomic E-state index is 3.21. The molecule has 0 saturated heterocycles. The molecule has 2 nitrogen and oxygen atoms in total. The fraction of sp³-hybridized carbons (Fsp3) is 0.143. The van der Waals surface area contributed by atoms with Gasteiger partial charge in [-0.2, -0.15) is 0 Å². The lowest BCUT2D eigenvalue weighted by molar-refractivity contribution is 1.41. The largest absolute Gasteiger partial charge is 0.348 e. The molecule has 0 bridgehead atoms. The van der Waals surface area contributed by atoms with Gasteiger partial charge in [-0.15, -0.1) is 7.17 Å². The van der Waals surface area contributed by atoms with E-state index in [1.54, 1.807) is 0 Å². The average Bonchev–Trinajstić information content (AvgIpc) is 2.33. The second kappa shape index (κ2) is 2.06. The predicted octanol–water partition coefficient (Wildman–Crippen LogP) is 1.46. The second-order valence-corrected chi connectivity index (χ2v) is 4.22. The van der Waals surface area contributed by atoms with Crippen molar-refractivity contribution in [2.24, 2.45) is 0 Å². The van der Waals surface area contributed by atoms with Gasteiger partial charge in [0.15, 0.2) is 0 Å². The Morgan fingerprint density at radius 2 is 2.40 bits per heavy atom. The molecule has 1 aliphatic rings. The molecule has 1 atom stereocenters. The minimum absolute atomic E-state index is 0.0336. The number of fused-ring (bicyclic) bond motifs is 1. The minimum atomic E-state index is -0.0336. The molecule has 1 aromatic heterocycles. The minimum Gasteiger partial charge on any atom is -0.348 e. The number of aromatic amines is 1. The number of H-pyrrole nitrogens is 1. The normalized spacial score (nSPS) is 18.3. The van der Waals surface area contributed by atoms with Gasteiger partial charge in [0.05, 0.1) is 0 Å². The van der Waals surface area contributed by atoms with Gasteiger partial charge in [0, 0.05) is 17.7 Å². The molecule has 1 aromatic rings.